The third-order valence-electron chi connectivity index (χ3n) is 5.93. The Morgan fingerprint density at radius 1 is 1.03 bits per heavy atom. The zero-order chi connectivity index (χ0) is 20.8. The number of carbonyl (C=O) groups is 1. The lowest BCUT2D eigenvalue weighted by molar-refractivity contribution is -0.122. The average molecular weight is 406 g/mol. The van der Waals surface area contributed by atoms with E-state index in [9.17, 15) is 4.79 Å². The van der Waals surface area contributed by atoms with Crippen molar-refractivity contribution < 1.29 is 4.79 Å². The largest absolute Gasteiger partial charge is 0.367 e. The number of rotatable bonds is 7. The van der Waals surface area contributed by atoms with E-state index in [2.05, 4.69) is 74.3 Å². The molecule has 8 nitrogen and oxygen atoms in total. The molecule has 30 heavy (non-hydrogen) atoms. The summed E-state index contributed by atoms with van der Waals surface area (Å²) in [6.07, 6.45) is 1.97. The van der Waals surface area contributed by atoms with Crippen LogP contribution in [0, 0.1) is 0 Å². The maximum Gasteiger partial charge on any atom is 0.241 e. The third kappa shape index (κ3) is 4.65. The van der Waals surface area contributed by atoms with Gasteiger partial charge in [-0.15, -0.1) is 0 Å². The summed E-state index contributed by atoms with van der Waals surface area (Å²) in [5.74, 6) is -0.00633. The van der Waals surface area contributed by atoms with Crippen LogP contribution in [-0.4, -0.2) is 50.6 Å². The molecule has 4 rings (SSSR count). The topological polar surface area (TPSA) is 102 Å². The highest BCUT2D eigenvalue weighted by Gasteiger charge is 2.36. The van der Waals surface area contributed by atoms with Gasteiger partial charge in [0.25, 0.3) is 0 Å². The number of carbonyl (C=O) groups excluding carboxylic acids is 1. The van der Waals surface area contributed by atoms with E-state index < -0.39 is 0 Å². The molecule has 1 aromatic heterocycles. The Kier molecular flexibility index (Phi) is 6.04. The summed E-state index contributed by atoms with van der Waals surface area (Å²) in [5.41, 5.74) is 8.18. The highest BCUT2D eigenvalue weighted by atomic mass is 16.2. The van der Waals surface area contributed by atoms with Gasteiger partial charge in [0.05, 0.1) is 0 Å². The predicted octanol–water partition coefficient (Wildman–Crippen LogP) is 1.61. The van der Waals surface area contributed by atoms with Crippen molar-refractivity contribution in [2.45, 2.75) is 31.3 Å². The molecular weight excluding hydrogens is 378 g/mol. The van der Waals surface area contributed by atoms with Crippen LogP contribution in [0.1, 0.15) is 24.0 Å². The van der Waals surface area contributed by atoms with Crippen molar-refractivity contribution in [2.24, 2.45) is 0 Å². The van der Waals surface area contributed by atoms with E-state index in [1.165, 1.54) is 15.8 Å². The first kappa shape index (κ1) is 20.0. The summed E-state index contributed by atoms with van der Waals surface area (Å²) in [6.45, 7) is 3.52. The maximum atomic E-state index is 12.5. The van der Waals surface area contributed by atoms with Crippen molar-refractivity contribution in [3.63, 3.8) is 0 Å². The van der Waals surface area contributed by atoms with Crippen LogP contribution in [0.25, 0.3) is 0 Å². The molecule has 1 amide bonds. The molecule has 3 N–H and O–H groups in total. The first-order chi connectivity index (χ1) is 14.6. The van der Waals surface area contributed by atoms with Crippen LogP contribution in [0.4, 0.5) is 5.95 Å². The smallest absolute Gasteiger partial charge is 0.241 e. The first-order valence-corrected chi connectivity index (χ1v) is 10.2. The van der Waals surface area contributed by atoms with Crippen LogP contribution in [-0.2, 0) is 23.3 Å². The van der Waals surface area contributed by atoms with Gasteiger partial charge in [0.2, 0.25) is 11.9 Å². The predicted molar refractivity (Wildman–Crippen MR) is 114 cm³/mol. The summed E-state index contributed by atoms with van der Waals surface area (Å²) >= 11 is 0. The Bertz CT molecular complexity index is 950. The van der Waals surface area contributed by atoms with Gasteiger partial charge in [-0.2, -0.15) is 0 Å². The molecule has 0 aliphatic carbocycles. The zero-order valence-corrected chi connectivity index (χ0v) is 16.9. The Hall–Kier alpha value is -3.26. The van der Waals surface area contributed by atoms with Gasteiger partial charge in [-0.3, -0.25) is 9.69 Å². The number of nitrogens with zero attached hydrogens (tertiary/aromatic N) is 5. The number of nitrogens with two attached hydrogens (primary N) is 1. The van der Waals surface area contributed by atoms with Gasteiger partial charge in [0.15, 0.2) is 0 Å². The van der Waals surface area contributed by atoms with Crippen molar-refractivity contribution in [1.82, 2.24) is 30.4 Å². The lowest BCUT2D eigenvalue weighted by atomic mass is 9.72. The molecule has 2 heterocycles. The van der Waals surface area contributed by atoms with Gasteiger partial charge < -0.3 is 11.1 Å². The summed E-state index contributed by atoms with van der Waals surface area (Å²) in [4.78, 5) is 15.0. The molecular formula is C22H27N7O. The number of hydrogen-bond donors (Lipinski definition) is 2. The van der Waals surface area contributed by atoms with Gasteiger partial charge in [0.1, 0.15) is 6.54 Å². The number of likely N-dealkylation sites (tertiary alicyclic amines) is 1. The molecule has 1 aliphatic rings. The fourth-order valence-electron chi connectivity index (χ4n) is 4.12. The number of amides is 1. The zero-order valence-electron chi connectivity index (χ0n) is 16.9. The normalized spacial score (nSPS) is 16.3. The highest BCUT2D eigenvalue weighted by molar-refractivity contribution is 5.76. The number of piperidine rings is 1. The second kappa shape index (κ2) is 9.04. The number of hydrogen-bond acceptors (Lipinski definition) is 6. The van der Waals surface area contributed by atoms with Crippen molar-refractivity contribution in [1.29, 1.82) is 0 Å². The monoisotopic (exact) mass is 405 g/mol. The standard InChI is InChI=1S/C22H27N7O/c23-21-25-26-27-29(21)16-20(30)24-17-22(19-9-5-2-6-10-19)11-13-28(14-12-22)15-18-7-3-1-4-8-18/h1-10H,11-17H2,(H,24,30)(H2,23,25,27). The molecule has 1 saturated heterocycles. The van der Waals surface area contributed by atoms with Crippen molar-refractivity contribution in [2.75, 3.05) is 25.4 Å². The number of nitrogens with one attached hydrogen (secondary N) is 1. The minimum Gasteiger partial charge on any atom is -0.367 e. The van der Waals surface area contributed by atoms with E-state index in [0.717, 1.165) is 32.5 Å². The third-order valence-corrected chi connectivity index (χ3v) is 5.93. The van der Waals surface area contributed by atoms with Crippen LogP contribution < -0.4 is 11.1 Å². The van der Waals surface area contributed by atoms with E-state index in [-0.39, 0.29) is 23.8 Å². The van der Waals surface area contributed by atoms with Crippen molar-refractivity contribution >= 4 is 11.9 Å². The summed E-state index contributed by atoms with van der Waals surface area (Å²) < 4.78 is 1.30. The lowest BCUT2D eigenvalue weighted by Crippen LogP contribution is -2.49. The number of nitrogen functional groups attached to an aromatic ring is 1. The summed E-state index contributed by atoms with van der Waals surface area (Å²) in [6, 6.07) is 21.0. The molecule has 156 valence electrons. The summed E-state index contributed by atoms with van der Waals surface area (Å²) in [7, 11) is 0. The van der Waals surface area contributed by atoms with Gasteiger partial charge >= 0.3 is 0 Å². The van der Waals surface area contributed by atoms with Crippen molar-refractivity contribution in [3.05, 3.63) is 71.8 Å². The van der Waals surface area contributed by atoms with Crippen LogP contribution in [0.3, 0.4) is 0 Å². The molecule has 1 fully saturated rings. The minimum atomic E-state index is -0.143. The van der Waals surface area contributed by atoms with Gasteiger partial charge in [-0.1, -0.05) is 65.8 Å². The molecule has 0 bridgehead atoms. The molecule has 0 unspecified atom stereocenters. The van der Waals surface area contributed by atoms with Gasteiger partial charge in [-0.25, -0.2) is 4.68 Å². The average Bonchev–Trinajstić information content (AvgIpc) is 3.19. The molecule has 0 saturated carbocycles. The molecule has 3 aromatic rings. The van der Waals surface area contributed by atoms with Crippen LogP contribution in [0.15, 0.2) is 60.7 Å². The van der Waals surface area contributed by atoms with E-state index in [4.69, 9.17) is 5.73 Å². The second-order valence-corrected chi connectivity index (χ2v) is 7.88. The number of benzene rings is 2. The Morgan fingerprint density at radius 2 is 1.70 bits per heavy atom. The van der Waals surface area contributed by atoms with E-state index in [1.54, 1.807) is 0 Å². The summed E-state index contributed by atoms with van der Waals surface area (Å²) in [5, 5.41) is 13.9. The SMILES string of the molecule is Nc1nnnn1CC(=O)NCC1(c2ccccc2)CCN(Cc2ccccc2)CC1. The highest BCUT2D eigenvalue weighted by Crippen LogP contribution is 2.35. The Labute approximate surface area is 176 Å². The fourth-order valence-corrected chi connectivity index (χ4v) is 4.12. The molecule has 0 radical (unpaired) electrons. The number of aromatic nitrogens is 4. The van der Waals surface area contributed by atoms with E-state index in [0.29, 0.717) is 6.54 Å². The Morgan fingerprint density at radius 3 is 2.33 bits per heavy atom. The van der Waals surface area contributed by atoms with E-state index >= 15 is 0 Å². The molecule has 0 spiro atoms. The van der Waals surface area contributed by atoms with Crippen LogP contribution in [0.5, 0.6) is 0 Å². The van der Waals surface area contributed by atoms with Crippen molar-refractivity contribution in [3.8, 4) is 0 Å². The Balaban J connectivity index is 1.42. The molecule has 1 aliphatic heterocycles. The molecule has 0 atom stereocenters. The quantitative estimate of drug-likeness (QED) is 0.619. The first-order valence-electron chi connectivity index (χ1n) is 10.2. The number of anilines is 1. The minimum absolute atomic E-state index is 0.0177. The second-order valence-electron chi connectivity index (χ2n) is 7.88. The van der Waals surface area contributed by atoms with Gasteiger partial charge in [0, 0.05) is 18.5 Å². The fraction of sp³-hybridized carbons (Fsp3) is 0.364. The van der Waals surface area contributed by atoms with Gasteiger partial charge in [-0.05, 0) is 47.5 Å². The lowest BCUT2D eigenvalue weighted by Gasteiger charge is -2.42. The molecule has 2 aromatic carbocycles. The molecule has 8 heteroatoms. The maximum absolute atomic E-state index is 12.5. The van der Waals surface area contributed by atoms with Crippen LogP contribution >= 0.6 is 0 Å². The van der Waals surface area contributed by atoms with E-state index in [1.807, 2.05) is 12.1 Å². The number of tetrazole rings is 1. The van der Waals surface area contributed by atoms with Crippen LogP contribution in [0.2, 0.25) is 0 Å².